The third-order valence-electron chi connectivity index (χ3n) is 2.85. The SMILES string of the molecule is Cc1cccc(NC(=O)CNS(=O)(=O)c2ccc(Br)cc2)c1. The van der Waals surface area contributed by atoms with Crippen molar-refractivity contribution in [3.05, 3.63) is 58.6 Å². The fourth-order valence-electron chi connectivity index (χ4n) is 1.79. The molecule has 0 aliphatic heterocycles. The van der Waals surface area contributed by atoms with Gasteiger partial charge in [-0.2, -0.15) is 0 Å². The van der Waals surface area contributed by atoms with E-state index in [0.717, 1.165) is 10.0 Å². The normalized spacial score (nSPS) is 11.2. The lowest BCUT2D eigenvalue weighted by Crippen LogP contribution is -2.32. The minimum Gasteiger partial charge on any atom is -0.325 e. The van der Waals surface area contributed by atoms with Gasteiger partial charge < -0.3 is 5.32 Å². The number of rotatable bonds is 5. The van der Waals surface area contributed by atoms with Crippen LogP contribution < -0.4 is 10.0 Å². The summed E-state index contributed by atoms with van der Waals surface area (Å²) in [7, 11) is -3.70. The third kappa shape index (κ3) is 4.66. The van der Waals surface area contributed by atoms with Crippen molar-refractivity contribution in [2.45, 2.75) is 11.8 Å². The molecule has 0 saturated heterocycles. The number of hydrogen-bond donors (Lipinski definition) is 2. The molecule has 0 saturated carbocycles. The molecule has 5 nitrogen and oxygen atoms in total. The quantitative estimate of drug-likeness (QED) is 0.834. The van der Waals surface area contributed by atoms with E-state index >= 15 is 0 Å². The van der Waals surface area contributed by atoms with Crippen molar-refractivity contribution in [3.63, 3.8) is 0 Å². The van der Waals surface area contributed by atoms with Gasteiger partial charge in [0.2, 0.25) is 15.9 Å². The first kappa shape index (κ1) is 16.7. The van der Waals surface area contributed by atoms with Gasteiger partial charge in [0.25, 0.3) is 0 Å². The van der Waals surface area contributed by atoms with Gasteiger partial charge in [-0.15, -0.1) is 0 Å². The van der Waals surface area contributed by atoms with Gasteiger partial charge >= 0.3 is 0 Å². The fraction of sp³-hybridized carbons (Fsp3) is 0.133. The molecule has 0 heterocycles. The molecule has 7 heteroatoms. The van der Waals surface area contributed by atoms with Crippen LogP contribution in [0.25, 0.3) is 0 Å². The molecule has 2 rings (SSSR count). The molecule has 22 heavy (non-hydrogen) atoms. The fourth-order valence-corrected chi connectivity index (χ4v) is 3.03. The summed E-state index contributed by atoms with van der Waals surface area (Å²) in [6.45, 7) is 1.58. The number of carbonyl (C=O) groups excluding carboxylic acids is 1. The Labute approximate surface area is 137 Å². The first-order chi connectivity index (χ1) is 10.4. The average molecular weight is 383 g/mol. The topological polar surface area (TPSA) is 75.3 Å². The molecule has 2 aromatic rings. The zero-order valence-corrected chi connectivity index (χ0v) is 14.2. The van der Waals surface area contributed by atoms with Crippen LogP contribution in [0, 0.1) is 6.92 Å². The zero-order valence-electron chi connectivity index (χ0n) is 11.8. The van der Waals surface area contributed by atoms with Gasteiger partial charge in [-0.05, 0) is 48.9 Å². The number of halogens is 1. The molecule has 116 valence electrons. The number of sulfonamides is 1. The maximum Gasteiger partial charge on any atom is 0.241 e. The molecular weight excluding hydrogens is 368 g/mol. The summed E-state index contributed by atoms with van der Waals surface area (Å²) < 4.78 is 27.2. The lowest BCUT2D eigenvalue weighted by molar-refractivity contribution is -0.115. The van der Waals surface area contributed by atoms with Crippen LogP contribution in [0.1, 0.15) is 5.56 Å². The van der Waals surface area contributed by atoms with E-state index in [2.05, 4.69) is 26.0 Å². The van der Waals surface area contributed by atoms with E-state index in [1.807, 2.05) is 19.1 Å². The first-order valence-electron chi connectivity index (χ1n) is 6.48. The number of carbonyl (C=O) groups is 1. The number of anilines is 1. The predicted octanol–water partition coefficient (Wildman–Crippen LogP) is 2.67. The van der Waals surface area contributed by atoms with Crippen molar-refractivity contribution in [3.8, 4) is 0 Å². The van der Waals surface area contributed by atoms with Crippen molar-refractivity contribution < 1.29 is 13.2 Å². The lowest BCUT2D eigenvalue weighted by atomic mass is 10.2. The van der Waals surface area contributed by atoms with Crippen LogP contribution in [0.5, 0.6) is 0 Å². The molecule has 0 radical (unpaired) electrons. The Morgan fingerprint density at radius 2 is 1.82 bits per heavy atom. The van der Waals surface area contributed by atoms with Gasteiger partial charge in [0.15, 0.2) is 0 Å². The van der Waals surface area contributed by atoms with Gasteiger partial charge in [-0.1, -0.05) is 28.1 Å². The molecule has 0 atom stereocenters. The second kappa shape index (κ2) is 7.04. The van der Waals surface area contributed by atoms with Gasteiger partial charge in [-0.25, -0.2) is 13.1 Å². The minimum atomic E-state index is -3.70. The molecule has 0 fully saturated rings. The van der Waals surface area contributed by atoms with Crippen LogP contribution in [-0.4, -0.2) is 20.9 Å². The molecule has 0 spiro atoms. The average Bonchev–Trinajstić information content (AvgIpc) is 2.46. The zero-order chi connectivity index (χ0) is 16.2. The van der Waals surface area contributed by atoms with Gasteiger partial charge in [0.05, 0.1) is 11.4 Å². The number of aryl methyl sites for hydroxylation is 1. The van der Waals surface area contributed by atoms with E-state index in [4.69, 9.17) is 0 Å². The van der Waals surface area contributed by atoms with Crippen molar-refractivity contribution >= 4 is 37.5 Å². The number of nitrogens with one attached hydrogen (secondary N) is 2. The molecule has 1 amide bonds. The van der Waals surface area contributed by atoms with Crippen molar-refractivity contribution in [1.82, 2.24) is 4.72 Å². The predicted molar refractivity (Wildman–Crippen MR) is 89.1 cm³/mol. The Bertz CT molecular complexity index is 774. The molecule has 0 aliphatic rings. The number of hydrogen-bond acceptors (Lipinski definition) is 3. The summed E-state index contributed by atoms with van der Waals surface area (Å²) in [5.41, 5.74) is 1.64. The van der Waals surface area contributed by atoms with Crippen LogP contribution in [0.15, 0.2) is 57.9 Å². The highest BCUT2D eigenvalue weighted by Gasteiger charge is 2.15. The highest BCUT2D eigenvalue weighted by molar-refractivity contribution is 9.10. The minimum absolute atomic E-state index is 0.110. The van der Waals surface area contributed by atoms with Gasteiger partial charge in [0.1, 0.15) is 0 Å². The van der Waals surface area contributed by atoms with Gasteiger partial charge in [-0.3, -0.25) is 4.79 Å². The second-order valence-electron chi connectivity index (χ2n) is 4.70. The van der Waals surface area contributed by atoms with Crippen molar-refractivity contribution in [2.75, 3.05) is 11.9 Å². The Hall–Kier alpha value is -1.70. The van der Waals surface area contributed by atoms with Crippen LogP contribution in [0.3, 0.4) is 0 Å². The Balaban J connectivity index is 1.97. The molecule has 2 N–H and O–H groups in total. The standard InChI is InChI=1S/C15H15BrN2O3S/c1-11-3-2-4-13(9-11)18-15(19)10-17-22(20,21)14-7-5-12(16)6-8-14/h2-9,17H,10H2,1H3,(H,18,19). The molecular formula is C15H15BrN2O3S. The van der Waals surface area contributed by atoms with Gasteiger partial charge in [0, 0.05) is 10.2 Å². The monoisotopic (exact) mass is 382 g/mol. The highest BCUT2D eigenvalue weighted by atomic mass is 79.9. The van der Waals surface area contributed by atoms with E-state index < -0.39 is 15.9 Å². The van der Waals surface area contributed by atoms with Crippen LogP contribution in [-0.2, 0) is 14.8 Å². The first-order valence-corrected chi connectivity index (χ1v) is 8.76. The summed E-state index contributed by atoms with van der Waals surface area (Å²) >= 11 is 3.24. The van der Waals surface area contributed by atoms with E-state index in [-0.39, 0.29) is 11.4 Å². The second-order valence-corrected chi connectivity index (χ2v) is 7.38. The number of amides is 1. The summed E-state index contributed by atoms with van der Waals surface area (Å²) in [6.07, 6.45) is 0. The maximum atomic E-state index is 12.0. The summed E-state index contributed by atoms with van der Waals surface area (Å²) in [5, 5.41) is 2.64. The van der Waals surface area contributed by atoms with Crippen molar-refractivity contribution in [1.29, 1.82) is 0 Å². The molecule has 2 aromatic carbocycles. The van der Waals surface area contributed by atoms with Crippen molar-refractivity contribution in [2.24, 2.45) is 0 Å². The Kier molecular flexibility index (Phi) is 5.33. The Morgan fingerprint density at radius 3 is 2.45 bits per heavy atom. The van der Waals surface area contributed by atoms with Crippen LogP contribution in [0.4, 0.5) is 5.69 Å². The van der Waals surface area contributed by atoms with E-state index in [1.165, 1.54) is 12.1 Å². The molecule has 0 aliphatic carbocycles. The summed E-state index contributed by atoms with van der Waals surface area (Å²) in [6, 6.07) is 13.5. The molecule has 0 bridgehead atoms. The van der Waals surface area contributed by atoms with E-state index in [1.54, 1.807) is 24.3 Å². The Morgan fingerprint density at radius 1 is 1.14 bits per heavy atom. The van der Waals surface area contributed by atoms with E-state index in [0.29, 0.717) is 5.69 Å². The molecule has 0 unspecified atom stereocenters. The van der Waals surface area contributed by atoms with Crippen LogP contribution >= 0.6 is 15.9 Å². The third-order valence-corrected chi connectivity index (χ3v) is 4.79. The summed E-state index contributed by atoms with van der Waals surface area (Å²) in [4.78, 5) is 11.9. The van der Waals surface area contributed by atoms with Crippen LogP contribution in [0.2, 0.25) is 0 Å². The molecule has 0 aromatic heterocycles. The summed E-state index contributed by atoms with van der Waals surface area (Å²) in [5.74, 6) is -0.425. The smallest absolute Gasteiger partial charge is 0.241 e. The highest BCUT2D eigenvalue weighted by Crippen LogP contribution is 2.14. The van der Waals surface area contributed by atoms with E-state index in [9.17, 15) is 13.2 Å². The largest absolute Gasteiger partial charge is 0.325 e. The number of benzene rings is 2. The lowest BCUT2D eigenvalue weighted by Gasteiger charge is -2.08. The maximum absolute atomic E-state index is 12.0.